The molecule has 0 heterocycles. The molecule has 1 atom stereocenters. The summed E-state index contributed by atoms with van der Waals surface area (Å²) in [6, 6.07) is 9.51. The van der Waals surface area contributed by atoms with Crippen molar-refractivity contribution in [3.05, 3.63) is 30.3 Å². The number of ether oxygens (including phenoxy) is 2. The van der Waals surface area contributed by atoms with Crippen LogP contribution in [-0.4, -0.2) is 12.8 Å². The van der Waals surface area contributed by atoms with E-state index in [1.807, 2.05) is 30.3 Å². The van der Waals surface area contributed by atoms with Crippen molar-refractivity contribution in [2.45, 2.75) is 38.4 Å². The molecular formula is C14H18O3. The minimum atomic E-state index is -0.435. The van der Waals surface area contributed by atoms with Crippen LogP contribution in [0, 0.1) is 5.92 Å². The molecule has 1 fully saturated rings. The van der Waals surface area contributed by atoms with Crippen LogP contribution in [0.2, 0.25) is 0 Å². The first kappa shape index (κ1) is 12.0. The third kappa shape index (κ3) is 3.48. The lowest BCUT2D eigenvalue weighted by atomic mass is 9.89. The number of rotatable bonds is 5. The summed E-state index contributed by atoms with van der Waals surface area (Å²) in [5.41, 5.74) is 0. The predicted octanol–water partition coefficient (Wildman–Crippen LogP) is 3.14. The Labute approximate surface area is 102 Å². The summed E-state index contributed by atoms with van der Waals surface area (Å²) in [6.45, 7) is 0.488. The molecule has 0 radical (unpaired) electrons. The SMILES string of the molecule is O=COC(Oc1ccccc1)C1CCCCC1. The van der Waals surface area contributed by atoms with Crippen molar-refractivity contribution in [1.29, 1.82) is 0 Å². The van der Waals surface area contributed by atoms with Gasteiger partial charge >= 0.3 is 0 Å². The number of benzene rings is 1. The Bertz CT molecular complexity index is 331. The Morgan fingerprint density at radius 1 is 1.12 bits per heavy atom. The molecule has 0 amide bonds. The molecule has 0 saturated heterocycles. The molecule has 0 bridgehead atoms. The Balaban J connectivity index is 1.98. The van der Waals surface area contributed by atoms with E-state index in [0.717, 1.165) is 18.6 Å². The van der Waals surface area contributed by atoms with Gasteiger partial charge in [0.1, 0.15) is 5.75 Å². The normalized spacial score (nSPS) is 18.4. The van der Waals surface area contributed by atoms with Gasteiger partial charge in [0.05, 0.1) is 0 Å². The summed E-state index contributed by atoms with van der Waals surface area (Å²) >= 11 is 0. The Hall–Kier alpha value is -1.51. The third-order valence-corrected chi connectivity index (χ3v) is 3.22. The molecule has 1 aromatic rings. The lowest BCUT2D eigenvalue weighted by molar-refractivity contribution is -0.157. The fourth-order valence-corrected chi connectivity index (χ4v) is 2.33. The van der Waals surface area contributed by atoms with Crippen molar-refractivity contribution in [2.75, 3.05) is 0 Å². The second-order valence-electron chi connectivity index (χ2n) is 4.43. The maximum absolute atomic E-state index is 10.5. The minimum Gasteiger partial charge on any atom is -0.454 e. The highest BCUT2D eigenvalue weighted by atomic mass is 16.7. The fraction of sp³-hybridized carbons (Fsp3) is 0.500. The van der Waals surface area contributed by atoms with Gasteiger partial charge in [0.2, 0.25) is 6.29 Å². The van der Waals surface area contributed by atoms with Gasteiger partial charge in [0.25, 0.3) is 6.47 Å². The topological polar surface area (TPSA) is 35.5 Å². The van der Waals surface area contributed by atoms with E-state index in [0.29, 0.717) is 12.4 Å². The molecule has 92 valence electrons. The zero-order chi connectivity index (χ0) is 11.9. The van der Waals surface area contributed by atoms with Gasteiger partial charge in [0, 0.05) is 5.92 Å². The summed E-state index contributed by atoms with van der Waals surface area (Å²) in [5, 5.41) is 0. The molecule has 1 aliphatic rings. The first-order valence-corrected chi connectivity index (χ1v) is 6.21. The second-order valence-corrected chi connectivity index (χ2v) is 4.43. The molecule has 3 nitrogen and oxygen atoms in total. The van der Waals surface area contributed by atoms with Crippen molar-refractivity contribution in [3.63, 3.8) is 0 Å². The maximum Gasteiger partial charge on any atom is 0.296 e. The van der Waals surface area contributed by atoms with Crippen molar-refractivity contribution in [3.8, 4) is 5.75 Å². The lowest BCUT2D eigenvalue weighted by Crippen LogP contribution is -2.31. The number of hydrogen-bond acceptors (Lipinski definition) is 3. The van der Waals surface area contributed by atoms with Crippen molar-refractivity contribution >= 4 is 6.47 Å². The number of carbonyl (C=O) groups is 1. The zero-order valence-electron chi connectivity index (χ0n) is 9.88. The molecule has 17 heavy (non-hydrogen) atoms. The Kier molecular flexibility index (Phi) is 4.42. The van der Waals surface area contributed by atoms with E-state index in [1.165, 1.54) is 19.3 Å². The van der Waals surface area contributed by atoms with Gasteiger partial charge in [-0.15, -0.1) is 0 Å². The van der Waals surface area contributed by atoms with Crippen LogP contribution >= 0.6 is 0 Å². The first-order valence-electron chi connectivity index (χ1n) is 6.21. The van der Waals surface area contributed by atoms with Gasteiger partial charge in [-0.2, -0.15) is 0 Å². The molecule has 0 N–H and O–H groups in total. The van der Waals surface area contributed by atoms with Crippen LogP contribution in [0.3, 0.4) is 0 Å². The Morgan fingerprint density at radius 3 is 2.47 bits per heavy atom. The van der Waals surface area contributed by atoms with Crippen LogP contribution < -0.4 is 4.74 Å². The van der Waals surface area contributed by atoms with Gasteiger partial charge < -0.3 is 9.47 Å². The molecule has 1 unspecified atom stereocenters. The smallest absolute Gasteiger partial charge is 0.296 e. The quantitative estimate of drug-likeness (QED) is 0.580. The molecule has 1 aliphatic carbocycles. The first-order chi connectivity index (χ1) is 8.40. The lowest BCUT2D eigenvalue weighted by Gasteiger charge is -2.28. The predicted molar refractivity (Wildman–Crippen MR) is 64.6 cm³/mol. The monoisotopic (exact) mass is 234 g/mol. The van der Waals surface area contributed by atoms with E-state index in [2.05, 4.69) is 0 Å². The van der Waals surface area contributed by atoms with E-state index in [9.17, 15) is 4.79 Å². The van der Waals surface area contributed by atoms with Gasteiger partial charge in [-0.3, -0.25) is 4.79 Å². The van der Waals surface area contributed by atoms with Gasteiger partial charge in [-0.05, 0) is 25.0 Å². The van der Waals surface area contributed by atoms with Crippen LogP contribution in [0.5, 0.6) is 5.75 Å². The van der Waals surface area contributed by atoms with E-state index in [-0.39, 0.29) is 0 Å². The van der Waals surface area contributed by atoms with Crippen molar-refractivity contribution in [2.24, 2.45) is 5.92 Å². The molecule has 1 aromatic carbocycles. The van der Waals surface area contributed by atoms with E-state index in [4.69, 9.17) is 9.47 Å². The van der Waals surface area contributed by atoms with Crippen LogP contribution in [-0.2, 0) is 9.53 Å². The molecular weight excluding hydrogens is 216 g/mol. The highest BCUT2D eigenvalue weighted by Gasteiger charge is 2.26. The van der Waals surface area contributed by atoms with Crippen LogP contribution in [0.15, 0.2) is 30.3 Å². The summed E-state index contributed by atoms with van der Waals surface area (Å²) in [7, 11) is 0. The van der Waals surface area contributed by atoms with Gasteiger partial charge in [0.15, 0.2) is 0 Å². The summed E-state index contributed by atoms with van der Waals surface area (Å²) in [5.74, 6) is 1.08. The molecule has 0 aromatic heterocycles. The molecule has 1 saturated carbocycles. The van der Waals surface area contributed by atoms with Gasteiger partial charge in [-0.25, -0.2) is 0 Å². The average molecular weight is 234 g/mol. The highest BCUT2D eigenvalue weighted by molar-refractivity contribution is 5.37. The number of carbonyl (C=O) groups excluding carboxylic acids is 1. The molecule has 3 heteroatoms. The summed E-state index contributed by atoms with van der Waals surface area (Å²) < 4.78 is 10.8. The van der Waals surface area contributed by atoms with Crippen LogP contribution in [0.4, 0.5) is 0 Å². The van der Waals surface area contributed by atoms with Gasteiger partial charge in [-0.1, -0.05) is 37.5 Å². The average Bonchev–Trinajstić information content (AvgIpc) is 2.40. The number of para-hydroxylation sites is 1. The van der Waals surface area contributed by atoms with Crippen molar-refractivity contribution < 1.29 is 14.3 Å². The Morgan fingerprint density at radius 2 is 1.82 bits per heavy atom. The fourth-order valence-electron chi connectivity index (χ4n) is 2.33. The summed E-state index contributed by atoms with van der Waals surface area (Å²) in [6.07, 6.45) is 5.38. The maximum atomic E-state index is 10.5. The van der Waals surface area contributed by atoms with Crippen LogP contribution in [0.25, 0.3) is 0 Å². The molecule has 2 rings (SSSR count). The standard InChI is InChI=1S/C14H18O3/c15-11-16-14(12-7-3-1-4-8-12)17-13-9-5-2-6-10-13/h2,5-6,9-12,14H,1,3-4,7-8H2. The third-order valence-electron chi connectivity index (χ3n) is 3.22. The van der Waals surface area contributed by atoms with E-state index in [1.54, 1.807) is 0 Å². The highest BCUT2D eigenvalue weighted by Crippen LogP contribution is 2.29. The summed E-state index contributed by atoms with van der Waals surface area (Å²) in [4.78, 5) is 10.5. The van der Waals surface area contributed by atoms with E-state index >= 15 is 0 Å². The molecule has 0 spiro atoms. The van der Waals surface area contributed by atoms with Crippen molar-refractivity contribution in [1.82, 2.24) is 0 Å². The second kappa shape index (κ2) is 6.28. The minimum absolute atomic E-state index is 0.328. The number of hydrogen-bond donors (Lipinski definition) is 0. The molecule has 0 aliphatic heterocycles. The zero-order valence-corrected chi connectivity index (χ0v) is 9.88. The largest absolute Gasteiger partial charge is 0.454 e. The van der Waals surface area contributed by atoms with Crippen LogP contribution in [0.1, 0.15) is 32.1 Å². The van der Waals surface area contributed by atoms with E-state index < -0.39 is 6.29 Å².